The second-order valence-corrected chi connectivity index (χ2v) is 15.0. The first-order valence-electron chi connectivity index (χ1n) is 9.55. The van der Waals surface area contributed by atoms with Gasteiger partial charge in [0, 0.05) is 30.7 Å². The maximum absolute atomic E-state index is 11.9. The fourth-order valence-electron chi connectivity index (χ4n) is 5.56. The Bertz CT molecular complexity index is 474. The highest BCUT2D eigenvalue weighted by Gasteiger charge is 2.63. The van der Waals surface area contributed by atoms with Crippen LogP contribution in [-0.4, -0.2) is 39.1 Å². The Hall–Kier alpha value is -0.393. The number of esters is 1. The zero-order valence-corrected chi connectivity index (χ0v) is 17.2. The SMILES string of the molecule is CC(=O)OC(C1C(C)CC2(CC1C)OCCO2)C1([Si](C)(C)C)CC1. The van der Waals surface area contributed by atoms with Gasteiger partial charge in [0.1, 0.15) is 6.10 Å². The molecule has 0 aromatic rings. The standard InChI is InChI=1S/C19H34O4Si/c1-13-11-19(21-9-10-22-19)12-14(2)16(13)17(23-15(3)20)18(7-8-18)24(4,5)6/h13-14,16-17H,7-12H2,1-6H3. The van der Waals surface area contributed by atoms with Crippen molar-refractivity contribution in [3.8, 4) is 0 Å². The fourth-order valence-corrected chi connectivity index (χ4v) is 8.29. The molecule has 1 heterocycles. The van der Waals surface area contributed by atoms with Crippen LogP contribution in [0.25, 0.3) is 0 Å². The molecule has 3 fully saturated rings. The maximum atomic E-state index is 11.9. The molecule has 24 heavy (non-hydrogen) atoms. The van der Waals surface area contributed by atoms with E-state index in [0.717, 1.165) is 12.8 Å². The van der Waals surface area contributed by atoms with E-state index in [0.29, 0.717) is 31.0 Å². The highest BCUT2D eigenvalue weighted by atomic mass is 28.3. The van der Waals surface area contributed by atoms with Crippen LogP contribution < -0.4 is 0 Å². The predicted molar refractivity (Wildman–Crippen MR) is 96.5 cm³/mol. The van der Waals surface area contributed by atoms with Crippen molar-refractivity contribution in [2.45, 2.75) is 83.0 Å². The molecule has 3 aliphatic rings. The van der Waals surface area contributed by atoms with Gasteiger partial charge < -0.3 is 14.2 Å². The van der Waals surface area contributed by atoms with Crippen LogP contribution in [0.4, 0.5) is 0 Å². The van der Waals surface area contributed by atoms with Gasteiger partial charge in [-0.15, -0.1) is 0 Å². The first-order valence-corrected chi connectivity index (χ1v) is 13.1. The number of carbonyl (C=O) groups excluding carboxylic acids is 1. The van der Waals surface area contributed by atoms with E-state index >= 15 is 0 Å². The molecule has 2 aliphatic carbocycles. The molecule has 0 amide bonds. The van der Waals surface area contributed by atoms with Gasteiger partial charge in [-0.3, -0.25) is 4.79 Å². The summed E-state index contributed by atoms with van der Waals surface area (Å²) < 4.78 is 18.0. The van der Waals surface area contributed by atoms with Crippen LogP contribution >= 0.6 is 0 Å². The quantitative estimate of drug-likeness (QED) is 0.560. The number of hydrogen-bond acceptors (Lipinski definition) is 4. The highest BCUT2D eigenvalue weighted by molar-refractivity contribution is 6.80. The lowest BCUT2D eigenvalue weighted by Crippen LogP contribution is -2.52. The predicted octanol–water partition coefficient (Wildman–Crippen LogP) is 4.22. The van der Waals surface area contributed by atoms with Gasteiger partial charge in [0.2, 0.25) is 0 Å². The largest absolute Gasteiger partial charge is 0.462 e. The van der Waals surface area contributed by atoms with Gasteiger partial charge in [-0.2, -0.15) is 0 Å². The third-order valence-electron chi connectivity index (χ3n) is 6.86. The number of rotatable bonds is 4. The average molecular weight is 355 g/mol. The lowest BCUT2D eigenvalue weighted by Gasteiger charge is -2.50. The molecule has 2 saturated carbocycles. The summed E-state index contributed by atoms with van der Waals surface area (Å²) in [6, 6.07) is 0. The molecular weight excluding hydrogens is 320 g/mol. The van der Waals surface area contributed by atoms with Gasteiger partial charge in [0.25, 0.3) is 0 Å². The second kappa shape index (κ2) is 6.10. The molecule has 1 saturated heterocycles. The molecule has 1 aliphatic heterocycles. The Morgan fingerprint density at radius 3 is 1.96 bits per heavy atom. The van der Waals surface area contributed by atoms with Crippen molar-refractivity contribution >= 4 is 14.0 Å². The Labute approximate surface area is 147 Å². The first-order chi connectivity index (χ1) is 11.1. The summed E-state index contributed by atoms with van der Waals surface area (Å²) in [5.74, 6) is 0.764. The van der Waals surface area contributed by atoms with Gasteiger partial charge in [-0.05, 0) is 24.7 Å². The van der Waals surface area contributed by atoms with E-state index in [1.165, 1.54) is 12.8 Å². The van der Waals surface area contributed by atoms with Crippen molar-refractivity contribution in [1.29, 1.82) is 0 Å². The van der Waals surface area contributed by atoms with E-state index in [4.69, 9.17) is 14.2 Å². The summed E-state index contributed by atoms with van der Waals surface area (Å²) in [5.41, 5.74) is 0. The Kier molecular flexibility index (Phi) is 4.67. The van der Waals surface area contributed by atoms with Crippen LogP contribution in [0, 0.1) is 17.8 Å². The minimum atomic E-state index is -1.43. The van der Waals surface area contributed by atoms with Crippen LogP contribution in [0.5, 0.6) is 0 Å². The topological polar surface area (TPSA) is 44.8 Å². The van der Waals surface area contributed by atoms with E-state index in [2.05, 4.69) is 33.5 Å². The van der Waals surface area contributed by atoms with Gasteiger partial charge >= 0.3 is 5.97 Å². The molecule has 1 spiro atoms. The van der Waals surface area contributed by atoms with Crippen LogP contribution in [0.1, 0.15) is 46.5 Å². The van der Waals surface area contributed by atoms with E-state index in [9.17, 15) is 4.79 Å². The minimum absolute atomic E-state index is 0.0606. The molecule has 0 radical (unpaired) electrons. The maximum Gasteiger partial charge on any atom is 0.302 e. The van der Waals surface area contributed by atoms with Crippen molar-refractivity contribution in [3.05, 3.63) is 0 Å². The van der Waals surface area contributed by atoms with Crippen LogP contribution in [0.15, 0.2) is 0 Å². The third-order valence-corrected chi connectivity index (χ3v) is 10.6. The summed E-state index contributed by atoms with van der Waals surface area (Å²) >= 11 is 0. The lowest BCUT2D eigenvalue weighted by molar-refractivity contribution is -0.215. The summed E-state index contributed by atoms with van der Waals surface area (Å²) in [6.07, 6.45) is 4.33. The Balaban J connectivity index is 1.86. The average Bonchev–Trinajstić information content (AvgIpc) is 3.14. The fraction of sp³-hybridized carbons (Fsp3) is 0.947. The van der Waals surface area contributed by atoms with Crippen molar-refractivity contribution < 1.29 is 19.0 Å². The second-order valence-electron chi connectivity index (χ2n) is 9.48. The molecule has 0 aromatic heterocycles. The molecule has 5 heteroatoms. The van der Waals surface area contributed by atoms with Crippen molar-refractivity contribution in [1.82, 2.24) is 0 Å². The van der Waals surface area contributed by atoms with Crippen molar-refractivity contribution in [2.75, 3.05) is 13.2 Å². The lowest BCUT2D eigenvalue weighted by atomic mass is 9.67. The number of hydrogen-bond donors (Lipinski definition) is 0. The molecule has 3 atom stereocenters. The highest BCUT2D eigenvalue weighted by Crippen LogP contribution is 2.67. The Morgan fingerprint density at radius 2 is 1.58 bits per heavy atom. The minimum Gasteiger partial charge on any atom is -0.462 e. The molecule has 3 rings (SSSR count). The van der Waals surface area contributed by atoms with E-state index < -0.39 is 8.07 Å². The normalized spacial score (nSPS) is 35.7. The smallest absolute Gasteiger partial charge is 0.302 e. The monoisotopic (exact) mass is 354 g/mol. The van der Waals surface area contributed by atoms with Crippen LogP contribution in [-0.2, 0) is 19.0 Å². The van der Waals surface area contributed by atoms with Crippen molar-refractivity contribution in [2.24, 2.45) is 17.8 Å². The molecule has 4 nitrogen and oxygen atoms in total. The van der Waals surface area contributed by atoms with E-state index in [1.54, 1.807) is 6.92 Å². The van der Waals surface area contributed by atoms with Gasteiger partial charge in [0.15, 0.2) is 5.79 Å². The molecule has 0 aromatic carbocycles. The third kappa shape index (κ3) is 3.08. The number of carbonyl (C=O) groups is 1. The Morgan fingerprint density at radius 1 is 1.08 bits per heavy atom. The molecule has 0 bridgehead atoms. The molecular formula is C19H34O4Si. The molecule has 3 unspecified atom stereocenters. The van der Waals surface area contributed by atoms with Crippen LogP contribution in [0.3, 0.4) is 0 Å². The summed E-state index contributed by atoms with van der Waals surface area (Å²) in [7, 11) is -1.43. The van der Waals surface area contributed by atoms with Gasteiger partial charge in [-0.1, -0.05) is 33.5 Å². The number of ether oxygens (including phenoxy) is 3. The summed E-state index contributed by atoms with van der Waals surface area (Å²) in [4.78, 5) is 11.9. The summed E-state index contributed by atoms with van der Waals surface area (Å²) in [6.45, 7) is 14.9. The molecule has 0 N–H and O–H groups in total. The van der Waals surface area contributed by atoms with Gasteiger partial charge in [-0.25, -0.2) is 0 Å². The van der Waals surface area contributed by atoms with Gasteiger partial charge in [0.05, 0.1) is 21.3 Å². The summed E-state index contributed by atoms with van der Waals surface area (Å²) in [5, 5.41) is 0.258. The molecule has 138 valence electrons. The zero-order valence-electron chi connectivity index (χ0n) is 16.2. The van der Waals surface area contributed by atoms with Crippen LogP contribution in [0.2, 0.25) is 24.7 Å². The van der Waals surface area contributed by atoms with Crippen molar-refractivity contribution in [3.63, 3.8) is 0 Å². The van der Waals surface area contributed by atoms with E-state index in [-0.39, 0.29) is 22.9 Å². The first kappa shape index (κ1) is 18.4. The zero-order chi connectivity index (χ0) is 17.8. The van der Waals surface area contributed by atoms with E-state index in [1.807, 2.05) is 0 Å².